The Morgan fingerprint density at radius 1 is 1.17 bits per heavy atom. The quantitative estimate of drug-likeness (QED) is 0.437. The molecule has 0 radical (unpaired) electrons. The van der Waals surface area contributed by atoms with Crippen LogP contribution >= 0.6 is 0 Å². The van der Waals surface area contributed by atoms with E-state index in [2.05, 4.69) is 15.9 Å². The Morgan fingerprint density at radius 3 is 2.59 bits per heavy atom. The van der Waals surface area contributed by atoms with Gasteiger partial charge in [0.25, 0.3) is 5.69 Å². The number of carbonyl (C=O) groups is 1. The molecule has 2 aromatic carbocycles. The van der Waals surface area contributed by atoms with Crippen molar-refractivity contribution in [3.8, 4) is 6.07 Å². The summed E-state index contributed by atoms with van der Waals surface area (Å²) in [7, 11) is 1.21. The van der Waals surface area contributed by atoms with Crippen LogP contribution in [0.5, 0.6) is 0 Å². The third-order valence-corrected chi connectivity index (χ3v) is 5.03. The number of esters is 1. The molecule has 0 aromatic heterocycles. The van der Waals surface area contributed by atoms with E-state index in [0.717, 1.165) is 50.4 Å². The summed E-state index contributed by atoms with van der Waals surface area (Å²) < 4.78 is 4.70. The maximum atomic E-state index is 12.0. The van der Waals surface area contributed by atoms with E-state index in [1.165, 1.54) is 13.2 Å². The molecule has 1 fully saturated rings. The van der Waals surface area contributed by atoms with Crippen LogP contribution in [0.25, 0.3) is 0 Å². The molecule has 3 rings (SSSR count). The van der Waals surface area contributed by atoms with Gasteiger partial charge in [0.1, 0.15) is 5.56 Å². The predicted molar refractivity (Wildman–Crippen MR) is 108 cm³/mol. The molecule has 0 aliphatic carbocycles. The lowest BCUT2D eigenvalue weighted by molar-refractivity contribution is -0.385. The van der Waals surface area contributed by atoms with E-state index in [-0.39, 0.29) is 11.3 Å². The molecule has 0 unspecified atom stereocenters. The van der Waals surface area contributed by atoms with Gasteiger partial charge >= 0.3 is 5.97 Å². The van der Waals surface area contributed by atoms with E-state index >= 15 is 0 Å². The number of benzene rings is 2. The first kappa shape index (κ1) is 20.3. The van der Waals surface area contributed by atoms with Crippen molar-refractivity contribution in [3.05, 3.63) is 69.3 Å². The van der Waals surface area contributed by atoms with E-state index in [9.17, 15) is 14.9 Å². The molecule has 0 spiro atoms. The number of carbonyl (C=O) groups excluding carboxylic acids is 1. The Balaban J connectivity index is 1.70. The highest BCUT2D eigenvalue weighted by atomic mass is 16.6. The van der Waals surface area contributed by atoms with E-state index < -0.39 is 10.9 Å². The fourth-order valence-electron chi connectivity index (χ4n) is 3.48. The second-order valence-corrected chi connectivity index (χ2v) is 6.88. The molecule has 0 N–H and O–H groups in total. The monoisotopic (exact) mass is 394 g/mol. The SMILES string of the molecule is COC(=O)c1cc(N2CCCN(Cc3ccc(C#N)cc3)CC2)ccc1[N+](=O)[O-]. The van der Waals surface area contributed by atoms with E-state index in [4.69, 9.17) is 10.00 Å². The molecule has 0 saturated carbocycles. The third-order valence-electron chi connectivity index (χ3n) is 5.03. The van der Waals surface area contributed by atoms with E-state index in [1.54, 1.807) is 12.1 Å². The number of hydrogen-bond donors (Lipinski definition) is 0. The van der Waals surface area contributed by atoms with Crippen molar-refractivity contribution in [1.82, 2.24) is 4.90 Å². The predicted octanol–water partition coefficient (Wildman–Crippen LogP) is 2.97. The minimum atomic E-state index is -0.712. The minimum Gasteiger partial charge on any atom is -0.465 e. The fourth-order valence-corrected chi connectivity index (χ4v) is 3.48. The van der Waals surface area contributed by atoms with Crippen molar-refractivity contribution in [2.75, 3.05) is 38.2 Å². The number of anilines is 1. The normalized spacial score (nSPS) is 14.7. The molecular weight excluding hydrogens is 372 g/mol. The van der Waals surface area contributed by atoms with Gasteiger partial charge in [0.05, 0.1) is 23.7 Å². The van der Waals surface area contributed by atoms with Crippen molar-refractivity contribution in [3.63, 3.8) is 0 Å². The summed E-state index contributed by atoms with van der Waals surface area (Å²) in [6.07, 6.45) is 0.931. The lowest BCUT2D eigenvalue weighted by Gasteiger charge is -2.24. The molecule has 0 amide bonds. The van der Waals surface area contributed by atoms with E-state index in [1.807, 2.05) is 24.3 Å². The zero-order valence-electron chi connectivity index (χ0n) is 16.2. The molecule has 0 atom stereocenters. The standard InChI is InChI=1S/C21H22N4O4/c1-29-21(26)19-13-18(7-8-20(19)25(27)28)24-10-2-9-23(11-12-24)15-17-5-3-16(14-22)4-6-17/h3-8,13H,2,9-12,15H2,1H3. The first-order chi connectivity index (χ1) is 14.0. The van der Waals surface area contributed by atoms with Crippen LogP contribution in [0.2, 0.25) is 0 Å². The van der Waals surface area contributed by atoms with Gasteiger partial charge in [-0.15, -0.1) is 0 Å². The van der Waals surface area contributed by atoms with Crippen LogP contribution in [0.4, 0.5) is 11.4 Å². The average molecular weight is 394 g/mol. The summed E-state index contributed by atoms with van der Waals surface area (Å²) in [5.41, 5.74) is 2.29. The Labute approximate surface area is 169 Å². The van der Waals surface area contributed by atoms with E-state index in [0.29, 0.717) is 5.56 Å². The summed E-state index contributed by atoms with van der Waals surface area (Å²) in [4.78, 5) is 27.1. The Hall–Kier alpha value is -3.44. The van der Waals surface area contributed by atoms with Crippen LogP contribution in [0.3, 0.4) is 0 Å². The molecule has 0 bridgehead atoms. The molecule has 8 heteroatoms. The first-order valence-electron chi connectivity index (χ1n) is 9.35. The van der Waals surface area contributed by atoms with Crippen molar-refractivity contribution < 1.29 is 14.5 Å². The summed E-state index contributed by atoms with van der Waals surface area (Å²) in [6.45, 7) is 4.09. The maximum absolute atomic E-state index is 12.0. The molecule has 150 valence electrons. The number of methoxy groups -OCH3 is 1. The summed E-state index contributed by atoms with van der Waals surface area (Å²) in [5, 5.41) is 20.1. The summed E-state index contributed by atoms with van der Waals surface area (Å²) in [6, 6.07) is 14.3. The van der Waals surface area contributed by atoms with Crippen molar-refractivity contribution in [2.24, 2.45) is 0 Å². The highest BCUT2D eigenvalue weighted by molar-refractivity contribution is 5.95. The van der Waals surface area contributed by atoms with Crippen molar-refractivity contribution in [2.45, 2.75) is 13.0 Å². The minimum absolute atomic E-state index is 0.0336. The van der Waals surface area contributed by atoms with Gasteiger partial charge in [0.2, 0.25) is 0 Å². The number of rotatable bonds is 5. The molecule has 1 heterocycles. The van der Waals surface area contributed by atoms with Crippen molar-refractivity contribution >= 4 is 17.3 Å². The lowest BCUT2D eigenvalue weighted by Crippen LogP contribution is -2.30. The second-order valence-electron chi connectivity index (χ2n) is 6.88. The van der Waals surface area contributed by atoms with Gasteiger partial charge in [-0.2, -0.15) is 5.26 Å². The molecule has 1 aliphatic rings. The number of nitriles is 1. The molecule has 8 nitrogen and oxygen atoms in total. The van der Waals surface area contributed by atoms with Gasteiger partial charge in [-0.05, 0) is 36.2 Å². The lowest BCUT2D eigenvalue weighted by atomic mass is 10.1. The number of nitrogens with zero attached hydrogens (tertiary/aromatic N) is 4. The molecule has 2 aromatic rings. The third kappa shape index (κ3) is 4.89. The number of hydrogen-bond acceptors (Lipinski definition) is 7. The van der Waals surface area contributed by atoms with Gasteiger partial charge in [-0.25, -0.2) is 4.79 Å². The smallest absolute Gasteiger partial charge is 0.344 e. The zero-order valence-corrected chi connectivity index (χ0v) is 16.2. The van der Waals surface area contributed by atoms with Gasteiger partial charge in [-0.1, -0.05) is 12.1 Å². The number of nitro groups is 1. The molecule has 29 heavy (non-hydrogen) atoms. The Morgan fingerprint density at radius 2 is 1.93 bits per heavy atom. The Bertz CT molecular complexity index is 937. The molecule has 1 aliphatic heterocycles. The maximum Gasteiger partial charge on any atom is 0.344 e. The highest BCUT2D eigenvalue weighted by Gasteiger charge is 2.23. The molecule has 1 saturated heterocycles. The van der Waals surface area contributed by atoms with Crippen LogP contribution in [-0.4, -0.2) is 49.1 Å². The van der Waals surface area contributed by atoms with Crippen LogP contribution in [0, 0.1) is 21.4 Å². The van der Waals surface area contributed by atoms with Crippen LogP contribution in [-0.2, 0) is 11.3 Å². The summed E-state index contributed by atoms with van der Waals surface area (Å²) in [5.74, 6) is -0.712. The van der Waals surface area contributed by atoms with Crippen LogP contribution < -0.4 is 4.90 Å². The van der Waals surface area contributed by atoms with Gasteiger partial charge in [-0.3, -0.25) is 15.0 Å². The summed E-state index contributed by atoms with van der Waals surface area (Å²) >= 11 is 0. The topological polar surface area (TPSA) is 99.7 Å². The second kappa shape index (κ2) is 9.17. The average Bonchev–Trinajstić information content (AvgIpc) is 2.98. The van der Waals surface area contributed by atoms with Gasteiger partial charge in [0.15, 0.2) is 0 Å². The number of nitro benzene ring substituents is 1. The van der Waals surface area contributed by atoms with Crippen LogP contribution in [0.1, 0.15) is 27.9 Å². The molecular formula is C21H22N4O4. The number of ether oxygens (including phenoxy) is 1. The first-order valence-corrected chi connectivity index (χ1v) is 9.35. The highest BCUT2D eigenvalue weighted by Crippen LogP contribution is 2.26. The zero-order chi connectivity index (χ0) is 20.8. The van der Waals surface area contributed by atoms with Gasteiger partial charge < -0.3 is 9.64 Å². The largest absolute Gasteiger partial charge is 0.465 e. The Kier molecular flexibility index (Phi) is 6.42. The van der Waals surface area contributed by atoms with Crippen LogP contribution in [0.15, 0.2) is 42.5 Å². The van der Waals surface area contributed by atoms with Gasteiger partial charge in [0, 0.05) is 44.5 Å². The fraction of sp³-hybridized carbons (Fsp3) is 0.333. The van der Waals surface area contributed by atoms with Crippen molar-refractivity contribution in [1.29, 1.82) is 5.26 Å².